The van der Waals surface area contributed by atoms with Crippen molar-refractivity contribution in [2.75, 3.05) is 36.4 Å². The van der Waals surface area contributed by atoms with E-state index in [9.17, 15) is 17.6 Å². The van der Waals surface area contributed by atoms with Gasteiger partial charge in [-0.15, -0.1) is 0 Å². The highest BCUT2D eigenvalue weighted by Gasteiger charge is 2.23. The van der Waals surface area contributed by atoms with Gasteiger partial charge in [0, 0.05) is 25.7 Å². The number of sulfone groups is 1. The fourth-order valence-electron chi connectivity index (χ4n) is 3.28. The lowest BCUT2D eigenvalue weighted by atomic mass is 10.2. The van der Waals surface area contributed by atoms with Crippen molar-refractivity contribution in [2.24, 2.45) is 0 Å². The number of carbonyl (C=O) groups excluding carboxylic acids is 1. The van der Waals surface area contributed by atoms with Crippen molar-refractivity contribution in [3.8, 4) is 0 Å². The van der Waals surface area contributed by atoms with Crippen molar-refractivity contribution in [3.63, 3.8) is 0 Å². The maximum atomic E-state index is 13.6. The Bertz CT molecular complexity index is 955. The predicted molar refractivity (Wildman–Crippen MR) is 107 cm³/mol. The molecule has 0 saturated carbocycles. The van der Waals surface area contributed by atoms with Crippen LogP contribution in [0.1, 0.15) is 19.8 Å². The summed E-state index contributed by atoms with van der Waals surface area (Å²) in [6.07, 6.45) is 1.94. The molecule has 1 aliphatic rings. The molecule has 0 unspecified atom stereocenters. The molecule has 28 heavy (non-hydrogen) atoms. The number of halogens is 1. The molecule has 2 aromatic rings. The molecule has 2 aromatic carbocycles. The van der Waals surface area contributed by atoms with E-state index in [1.54, 1.807) is 12.1 Å². The van der Waals surface area contributed by atoms with Crippen molar-refractivity contribution in [2.45, 2.75) is 29.6 Å². The van der Waals surface area contributed by atoms with E-state index in [0.717, 1.165) is 50.8 Å². The molecule has 6 nitrogen and oxygen atoms in total. The van der Waals surface area contributed by atoms with E-state index in [-0.39, 0.29) is 21.4 Å². The second kappa shape index (κ2) is 8.70. The molecule has 0 bridgehead atoms. The topological polar surface area (TPSA) is 78.5 Å². The number of benzene rings is 2. The highest BCUT2D eigenvalue weighted by Crippen LogP contribution is 2.32. The highest BCUT2D eigenvalue weighted by molar-refractivity contribution is 7.91. The van der Waals surface area contributed by atoms with E-state index in [0.29, 0.717) is 0 Å². The van der Waals surface area contributed by atoms with E-state index in [1.807, 2.05) is 0 Å². The first-order chi connectivity index (χ1) is 13.4. The van der Waals surface area contributed by atoms with Gasteiger partial charge < -0.3 is 15.5 Å². The van der Waals surface area contributed by atoms with Crippen LogP contribution in [0.25, 0.3) is 0 Å². The van der Waals surface area contributed by atoms with Crippen LogP contribution < -0.4 is 15.5 Å². The number of carbonyl (C=O) groups is 1. The Morgan fingerprint density at radius 3 is 2.46 bits per heavy atom. The van der Waals surface area contributed by atoms with Crippen LogP contribution >= 0.6 is 0 Å². The number of nitrogens with zero attached hydrogens (tertiary/aromatic N) is 1. The first kappa shape index (κ1) is 20.3. The summed E-state index contributed by atoms with van der Waals surface area (Å²) in [7, 11) is -3.98. The zero-order valence-corrected chi connectivity index (χ0v) is 16.6. The molecule has 0 radical (unpaired) electrons. The summed E-state index contributed by atoms with van der Waals surface area (Å²) < 4.78 is 39.6. The summed E-state index contributed by atoms with van der Waals surface area (Å²) in [5.74, 6) is -1.00. The third-order valence-electron chi connectivity index (χ3n) is 4.60. The molecule has 1 amide bonds. The van der Waals surface area contributed by atoms with Gasteiger partial charge in [0.25, 0.3) is 0 Å². The third kappa shape index (κ3) is 4.69. The average molecular weight is 405 g/mol. The summed E-state index contributed by atoms with van der Waals surface area (Å²) >= 11 is 0. The van der Waals surface area contributed by atoms with Gasteiger partial charge in [-0.25, -0.2) is 12.8 Å². The Labute approximate surface area is 164 Å². The van der Waals surface area contributed by atoms with Gasteiger partial charge >= 0.3 is 0 Å². The average Bonchev–Trinajstić information content (AvgIpc) is 2.61. The molecule has 8 heteroatoms. The number of rotatable bonds is 4. The minimum absolute atomic E-state index is 0.0502. The van der Waals surface area contributed by atoms with Gasteiger partial charge in [0.15, 0.2) is 0 Å². The summed E-state index contributed by atoms with van der Waals surface area (Å²) in [5, 5.41) is 5.98. The molecule has 0 atom stereocenters. The van der Waals surface area contributed by atoms with Crippen LogP contribution in [-0.4, -0.2) is 40.5 Å². The monoisotopic (exact) mass is 405 g/mol. The normalized spacial score (nSPS) is 15.6. The van der Waals surface area contributed by atoms with Crippen LogP contribution in [0.5, 0.6) is 0 Å². The fraction of sp³-hybridized carbons (Fsp3) is 0.350. The molecular formula is C20H24FN3O3S. The second-order valence-corrected chi connectivity index (χ2v) is 8.68. The number of hydrogen-bond donors (Lipinski definition) is 2. The first-order valence-electron chi connectivity index (χ1n) is 9.26. The molecule has 0 spiro atoms. The quantitative estimate of drug-likeness (QED) is 0.818. The predicted octanol–water partition coefficient (Wildman–Crippen LogP) is 2.81. The zero-order chi connectivity index (χ0) is 20.1. The number of amides is 1. The number of hydrogen-bond acceptors (Lipinski definition) is 5. The second-order valence-electron chi connectivity index (χ2n) is 6.77. The smallest absolute Gasteiger partial charge is 0.221 e. The first-order valence-corrected chi connectivity index (χ1v) is 10.7. The molecule has 2 N–H and O–H groups in total. The summed E-state index contributed by atoms with van der Waals surface area (Å²) in [6.45, 7) is 4.86. The van der Waals surface area contributed by atoms with E-state index in [2.05, 4.69) is 15.5 Å². The van der Waals surface area contributed by atoms with E-state index < -0.39 is 15.7 Å². The molecule has 1 fully saturated rings. The molecule has 150 valence electrons. The molecular weight excluding hydrogens is 381 g/mol. The van der Waals surface area contributed by atoms with Gasteiger partial charge in [0.05, 0.1) is 15.5 Å². The summed E-state index contributed by atoms with van der Waals surface area (Å²) in [5.41, 5.74) is 1.05. The summed E-state index contributed by atoms with van der Waals surface area (Å²) in [6, 6.07) is 9.77. The number of nitrogens with one attached hydrogen (secondary N) is 2. The fourth-order valence-corrected chi connectivity index (χ4v) is 4.71. The number of anilines is 2. The third-order valence-corrected chi connectivity index (χ3v) is 6.41. The lowest BCUT2D eigenvalue weighted by molar-refractivity contribution is -0.114. The largest absolute Gasteiger partial charge is 0.371 e. The van der Waals surface area contributed by atoms with E-state index in [1.165, 1.54) is 31.2 Å². The van der Waals surface area contributed by atoms with E-state index >= 15 is 0 Å². The van der Waals surface area contributed by atoms with Gasteiger partial charge in [-0.1, -0.05) is 6.07 Å². The molecule has 1 heterocycles. The lowest BCUT2D eigenvalue weighted by Crippen LogP contribution is -2.34. The van der Waals surface area contributed by atoms with Crippen molar-refractivity contribution in [1.82, 2.24) is 5.32 Å². The minimum atomic E-state index is -3.98. The Hall–Kier alpha value is -2.45. The van der Waals surface area contributed by atoms with Crippen LogP contribution in [0, 0.1) is 5.82 Å². The standard InChI is InChI=1S/C20H24FN3O3S/c1-15(25)23-19-14-17(24-11-3-9-22-10-4-12-24)7-8-20(19)28(26,27)18-6-2-5-16(21)13-18/h2,5-8,13-14,22H,3-4,9-12H2,1H3,(H,23,25). The lowest BCUT2D eigenvalue weighted by Gasteiger charge is -2.28. The van der Waals surface area contributed by atoms with E-state index in [4.69, 9.17) is 0 Å². The van der Waals surface area contributed by atoms with Gasteiger partial charge in [0.2, 0.25) is 15.7 Å². The Balaban J connectivity index is 2.02. The van der Waals surface area contributed by atoms with Crippen LogP contribution in [0.3, 0.4) is 0 Å². The van der Waals surface area contributed by atoms with Crippen molar-refractivity contribution < 1.29 is 17.6 Å². The zero-order valence-electron chi connectivity index (χ0n) is 15.7. The molecule has 0 aliphatic carbocycles. The highest BCUT2D eigenvalue weighted by atomic mass is 32.2. The van der Waals surface area contributed by atoms with Crippen LogP contribution in [0.4, 0.5) is 15.8 Å². The van der Waals surface area contributed by atoms with Crippen molar-refractivity contribution in [1.29, 1.82) is 0 Å². The molecule has 0 aromatic heterocycles. The minimum Gasteiger partial charge on any atom is -0.371 e. The Kier molecular flexibility index (Phi) is 6.31. The maximum Gasteiger partial charge on any atom is 0.221 e. The van der Waals surface area contributed by atoms with Gasteiger partial charge in [-0.3, -0.25) is 4.79 Å². The maximum absolute atomic E-state index is 13.6. The van der Waals surface area contributed by atoms with Crippen LogP contribution in [0.2, 0.25) is 0 Å². The van der Waals surface area contributed by atoms with Crippen molar-refractivity contribution in [3.05, 3.63) is 48.3 Å². The van der Waals surface area contributed by atoms with Crippen LogP contribution in [0.15, 0.2) is 52.3 Å². The summed E-state index contributed by atoms with van der Waals surface area (Å²) in [4.78, 5) is 13.7. The Morgan fingerprint density at radius 2 is 1.82 bits per heavy atom. The Morgan fingerprint density at radius 1 is 1.11 bits per heavy atom. The molecule has 1 aliphatic heterocycles. The molecule has 3 rings (SSSR count). The van der Waals surface area contributed by atoms with Gasteiger partial charge in [0.1, 0.15) is 5.82 Å². The SMILES string of the molecule is CC(=O)Nc1cc(N2CCCNCCC2)ccc1S(=O)(=O)c1cccc(F)c1. The molecule has 1 saturated heterocycles. The van der Waals surface area contributed by atoms with Crippen molar-refractivity contribution >= 4 is 27.1 Å². The van der Waals surface area contributed by atoms with Gasteiger partial charge in [-0.05, 0) is 62.3 Å². The van der Waals surface area contributed by atoms with Gasteiger partial charge in [-0.2, -0.15) is 0 Å². The van der Waals surface area contributed by atoms with Crippen LogP contribution in [-0.2, 0) is 14.6 Å².